The van der Waals surface area contributed by atoms with Crippen molar-refractivity contribution in [3.05, 3.63) is 76.8 Å². The monoisotopic (exact) mass is 431 g/mol. The van der Waals surface area contributed by atoms with E-state index in [1.807, 2.05) is 17.9 Å². The summed E-state index contributed by atoms with van der Waals surface area (Å²) in [7, 11) is 1.99. The molecule has 0 atom stereocenters. The molecule has 2 heterocycles. The standard InChI is InChI=1S/C27H37N5/c1-5-6-7-10-15-28-17-23-14-13-22(16-20(23)2)21(3)32-19-24-18-29-31(4)27(24)30-25-11-8-9-12-26(25)32/h11-14,16,18,28,30H,3,5-10,15,17,19H2,1-2,4H3. The highest BCUT2D eigenvalue weighted by molar-refractivity contribution is 5.69. The van der Waals surface area contributed by atoms with Crippen LogP contribution in [0.15, 0.2) is 54.5 Å². The second-order valence-electron chi connectivity index (χ2n) is 8.96. The molecule has 170 valence electrons. The zero-order valence-corrected chi connectivity index (χ0v) is 19.9. The van der Waals surface area contributed by atoms with E-state index < -0.39 is 0 Å². The van der Waals surface area contributed by atoms with Gasteiger partial charge in [0.2, 0.25) is 0 Å². The van der Waals surface area contributed by atoms with Crippen molar-refractivity contribution in [3.8, 4) is 0 Å². The molecular weight excluding hydrogens is 394 g/mol. The number of benzene rings is 1. The maximum atomic E-state index is 4.52. The average Bonchev–Trinajstić information content (AvgIpc) is 3.04. The number of allylic oxidation sites excluding steroid dienone is 2. The van der Waals surface area contributed by atoms with Crippen LogP contribution in [0.25, 0.3) is 5.70 Å². The van der Waals surface area contributed by atoms with Gasteiger partial charge in [0.15, 0.2) is 0 Å². The Hall–Kier alpha value is -2.79. The molecule has 0 amide bonds. The Balaban J connectivity index is 1.50. The van der Waals surface area contributed by atoms with Gasteiger partial charge in [-0.2, -0.15) is 5.10 Å². The zero-order valence-electron chi connectivity index (χ0n) is 19.9. The topological polar surface area (TPSA) is 45.1 Å². The van der Waals surface area contributed by atoms with Crippen LogP contribution < -0.4 is 10.6 Å². The number of aryl methyl sites for hydroxylation is 2. The third-order valence-corrected chi connectivity index (χ3v) is 6.54. The van der Waals surface area contributed by atoms with E-state index in [0.29, 0.717) is 0 Å². The first-order chi connectivity index (χ1) is 15.6. The molecule has 1 aromatic heterocycles. The van der Waals surface area contributed by atoms with Gasteiger partial charge in [-0.05, 0) is 55.5 Å². The minimum Gasteiger partial charge on any atom is -0.339 e. The van der Waals surface area contributed by atoms with E-state index >= 15 is 0 Å². The number of unbranched alkanes of at least 4 members (excludes halogenated alkanes) is 3. The predicted molar refractivity (Wildman–Crippen MR) is 134 cm³/mol. The van der Waals surface area contributed by atoms with Gasteiger partial charge < -0.3 is 15.5 Å². The molecule has 1 aliphatic carbocycles. The molecule has 4 rings (SSSR count). The molecule has 0 spiro atoms. The lowest BCUT2D eigenvalue weighted by atomic mass is 10.0. The highest BCUT2D eigenvalue weighted by Crippen LogP contribution is 2.36. The molecule has 0 radical (unpaired) electrons. The summed E-state index contributed by atoms with van der Waals surface area (Å²) in [6.45, 7) is 11.8. The number of nitrogens with one attached hydrogen (secondary N) is 2. The highest BCUT2D eigenvalue weighted by Gasteiger charge is 2.27. The Morgan fingerprint density at radius 3 is 2.84 bits per heavy atom. The van der Waals surface area contributed by atoms with Crippen molar-refractivity contribution >= 4 is 11.5 Å². The molecule has 0 saturated carbocycles. The number of hydrogen-bond acceptors (Lipinski definition) is 4. The summed E-state index contributed by atoms with van der Waals surface area (Å²) in [6.07, 6.45) is 13.9. The van der Waals surface area contributed by atoms with E-state index in [4.69, 9.17) is 0 Å². The predicted octanol–water partition coefficient (Wildman–Crippen LogP) is 5.86. The largest absolute Gasteiger partial charge is 0.339 e. The minimum absolute atomic E-state index is 0.762. The van der Waals surface area contributed by atoms with E-state index in [-0.39, 0.29) is 0 Å². The van der Waals surface area contributed by atoms with E-state index in [0.717, 1.165) is 49.7 Å². The van der Waals surface area contributed by atoms with Crippen molar-refractivity contribution in [2.45, 2.75) is 65.5 Å². The third-order valence-electron chi connectivity index (χ3n) is 6.54. The van der Waals surface area contributed by atoms with Crippen molar-refractivity contribution in [2.75, 3.05) is 11.9 Å². The fraction of sp³-hybridized carbons (Fsp3) is 0.444. The summed E-state index contributed by atoms with van der Waals surface area (Å²) in [5.41, 5.74) is 8.44. The van der Waals surface area contributed by atoms with Crippen LogP contribution in [0.2, 0.25) is 0 Å². The van der Waals surface area contributed by atoms with E-state index in [9.17, 15) is 0 Å². The number of hydrogen-bond donors (Lipinski definition) is 2. The summed E-state index contributed by atoms with van der Waals surface area (Å²) in [5, 5.41) is 11.7. The summed E-state index contributed by atoms with van der Waals surface area (Å²) in [6, 6.07) is 6.76. The number of nitrogens with zero attached hydrogens (tertiary/aromatic N) is 3. The van der Waals surface area contributed by atoms with Crippen molar-refractivity contribution in [1.82, 2.24) is 20.0 Å². The van der Waals surface area contributed by atoms with E-state index in [1.165, 1.54) is 53.6 Å². The molecule has 0 bridgehead atoms. The molecule has 1 aliphatic heterocycles. The lowest BCUT2D eigenvalue weighted by molar-refractivity contribution is 0.492. The lowest BCUT2D eigenvalue weighted by Gasteiger charge is -2.30. The molecular formula is C27H37N5. The van der Waals surface area contributed by atoms with Gasteiger partial charge in [0, 0.05) is 24.9 Å². The minimum atomic E-state index is 0.762. The molecule has 2 aromatic rings. The van der Waals surface area contributed by atoms with Crippen LogP contribution in [0.3, 0.4) is 0 Å². The SMILES string of the molecule is C=C(c1ccc(CNCCCCCC)c(C)c1)N1Cc2cnn(C)c2NC2=CCCC=C21. The average molecular weight is 432 g/mol. The van der Waals surface area contributed by atoms with Gasteiger partial charge in [-0.3, -0.25) is 4.68 Å². The normalized spacial score (nSPS) is 15.3. The molecule has 0 saturated heterocycles. The number of fused-ring (bicyclic) bond motifs is 2. The number of aromatic nitrogens is 2. The van der Waals surface area contributed by atoms with Gasteiger partial charge in [0.05, 0.1) is 24.1 Å². The molecule has 0 unspecified atom stereocenters. The summed E-state index contributed by atoms with van der Waals surface area (Å²) in [4.78, 5) is 2.34. The Morgan fingerprint density at radius 2 is 2.03 bits per heavy atom. The Kier molecular flexibility index (Phi) is 7.15. The molecule has 5 heteroatoms. The fourth-order valence-corrected chi connectivity index (χ4v) is 4.55. The first-order valence-electron chi connectivity index (χ1n) is 12.0. The van der Waals surface area contributed by atoms with Gasteiger partial charge in [0.1, 0.15) is 5.82 Å². The van der Waals surface area contributed by atoms with Crippen LogP contribution in [-0.2, 0) is 20.1 Å². The van der Waals surface area contributed by atoms with Gasteiger partial charge in [0.25, 0.3) is 0 Å². The first kappa shape index (κ1) is 22.4. The maximum Gasteiger partial charge on any atom is 0.133 e. The summed E-state index contributed by atoms with van der Waals surface area (Å²) in [5.74, 6) is 1.07. The van der Waals surface area contributed by atoms with Gasteiger partial charge in [-0.25, -0.2) is 0 Å². The lowest BCUT2D eigenvalue weighted by Crippen LogP contribution is -2.23. The van der Waals surface area contributed by atoms with Crippen LogP contribution in [-0.4, -0.2) is 21.2 Å². The van der Waals surface area contributed by atoms with Crippen molar-refractivity contribution in [2.24, 2.45) is 7.05 Å². The van der Waals surface area contributed by atoms with E-state index in [1.54, 1.807) is 0 Å². The van der Waals surface area contributed by atoms with Crippen molar-refractivity contribution < 1.29 is 0 Å². The second kappa shape index (κ2) is 10.2. The van der Waals surface area contributed by atoms with Gasteiger partial charge >= 0.3 is 0 Å². The molecule has 2 N–H and O–H groups in total. The number of rotatable bonds is 9. The Bertz CT molecular complexity index is 1030. The molecule has 1 aromatic carbocycles. The molecule has 0 fully saturated rings. The summed E-state index contributed by atoms with van der Waals surface area (Å²) < 4.78 is 1.92. The van der Waals surface area contributed by atoms with Crippen LogP contribution in [0.5, 0.6) is 0 Å². The summed E-state index contributed by atoms with van der Waals surface area (Å²) >= 11 is 0. The van der Waals surface area contributed by atoms with Gasteiger partial charge in [-0.15, -0.1) is 0 Å². The maximum absolute atomic E-state index is 4.52. The molecule has 2 aliphatic rings. The van der Waals surface area contributed by atoms with Crippen LogP contribution in [0.4, 0.5) is 5.82 Å². The quantitative estimate of drug-likeness (QED) is 0.488. The van der Waals surface area contributed by atoms with Gasteiger partial charge in [-0.1, -0.05) is 57.0 Å². The van der Waals surface area contributed by atoms with Crippen LogP contribution in [0, 0.1) is 6.92 Å². The van der Waals surface area contributed by atoms with Crippen LogP contribution in [0.1, 0.15) is 67.7 Å². The van der Waals surface area contributed by atoms with Crippen LogP contribution >= 0.6 is 0 Å². The third kappa shape index (κ3) is 4.83. The zero-order chi connectivity index (χ0) is 22.5. The smallest absolute Gasteiger partial charge is 0.133 e. The van der Waals surface area contributed by atoms with E-state index in [2.05, 4.69) is 71.4 Å². The molecule has 32 heavy (non-hydrogen) atoms. The Morgan fingerprint density at radius 1 is 1.19 bits per heavy atom. The number of anilines is 1. The highest BCUT2D eigenvalue weighted by atomic mass is 15.3. The Labute approximate surface area is 192 Å². The molecule has 5 nitrogen and oxygen atoms in total. The van der Waals surface area contributed by atoms with Crippen molar-refractivity contribution in [1.29, 1.82) is 0 Å². The fourth-order valence-electron chi connectivity index (χ4n) is 4.55. The second-order valence-corrected chi connectivity index (χ2v) is 8.96. The first-order valence-corrected chi connectivity index (χ1v) is 12.0. The van der Waals surface area contributed by atoms with Crippen molar-refractivity contribution in [3.63, 3.8) is 0 Å².